The van der Waals surface area contributed by atoms with E-state index in [2.05, 4.69) is 47.8 Å². The summed E-state index contributed by atoms with van der Waals surface area (Å²) in [5, 5.41) is 5.83. The molecular weight excluding hydrogens is 298 g/mol. The summed E-state index contributed by atoms with van der Waals surface area (Å²) in [5.74, 6) is 1.53. The Morgan fingerprint density at radius 3 is 2.17 bits per heavy atom. The van der Waals surface area contributed by atoms with Crippen molar-refractivity contribution in [2.75, 3.05) is 20.8 Å². The summed E-state index contributed by atoms with van der Waals surface area (Å²) in [6, 6.07) is 21.1. The predicted octanol–water partition coefficient (Wildman–Crippen LogP) is 4.19. The lowest BCUT2D eigenvalue weighted by Crippen LogP contribution is -2.16. The van der Waals surface area contributed by atoms with Crippen LogP contribution in [0.3, 0.4) is 0 Å². The van der Waals surface area contributed by atoms with E-state index in [1.807, 2.05) is 18.2 Å². The van der Waals surface area contributed by atoms with Crippen molar-refractivity contribution in [2.45, 2.75) is 13.0 Å². The molecule has 3 aromatic carbocycles. The van der Waals surface area contributed by atoms with Crippen LogP contribution in [0.25, 0.3) is 10.8 Å². The Morgan fingerprint density at radius 1 is 0.750 bits per heavy atom. The zero-order valence-corrected chi connectivity index (χ0v) is 14.2. The summed E-state index contributed by atoms with van der Waals surface area (Å²) in [6.45, 7) is 1.85. The van der Waals surface area contributed by atoms with Crippen LogP contribution in [0.15, 0.2) is 60.7 Å². The van der Waals surface area contributed by atoms with Crippen molar-refractivity contribution in [1.29, 1.82) is 0 Å². The van der Waals surface area contributed by atoms with Gasteiger partial charge in [0.25, 0.3) is 0 Å². The molecule has 1 N–H and O–H groups in total. The fourth-order valence-electron chi connectivity index (χ4n) is 2.84. The first-order chi connectivity index (χ1) is 11.8. The molecule has 0 aliphatic heterocycles. The van der Waals surface area contributed by atoms with Gasteiger partial charge < -0.3 is 14.8 Å². The van der Waals surface area contributed by atoms with Crippen LogP contribution in [-0.4, -0.2) is 20.8 Å². The van der Waals surface area contributed by atoms with E-state index in [0.717, 1.165) is 36.4 Å². The van der Waals surface area contributed by atoms with Crippen LogP contribution in [0.5, 0.6) is 11.5 Å². The molecule has 3 nitrogen and oxygen atoms in total. The molecule has 0 atom stereocenters. The van der Waals surface area contributed by atoms with Crippen molar-refractivity contribution in [3.63, 3.8) is 0 Å². The van der Waals surface area contributed by atoms with Gasteiger partial charge in [0.05, 0.1) is 14.2 Å². The maximum Gasteiger partial charge on any atom is 0.161 e. The van der Waals surface area contributed by atoms with E-state index >= 15 is 0 Å². The topological polar surface area (TPSA) is 30.5 Å². The SMILES string of the molecule is COc1cc2ccc(CCNCc3ccccc3)cc2cc1OC. The summed E-state index contributed by atoms with van der Waals surface area (Å²) >= 11 is 0. The van der Waals surface area contributed by atoms with Gasteiger partial charge in [0.15, 0.2) is 11.5 Å². The Hall–Kier alpha value is -2.52. The molecule has 3 heteroatoms. The number of rotatable bonds is 7. The highest BCUT2D eigenvalue weighted by Crippen LogP contribution is 2.32. The molecule has 0 saturated carbocycles. The summed E-state index contributed by atoms with van der Waals surface area (Å²) in [5.41, 5.74) is 2.63. The Kier molecular flexibility index (Phi) is 5.34. The standard InChI is InChI=1S/C21H23NO2/c1-23-20-13-18-9-8-16(12-19(18)14-21(20)24-2)10-11-22-15-17-6-4-3-5-7-17/h3-9,12-14,22H,10-11,15H2,1-2H3. The molecule has 0 amide bonds. The fraction of sp³-hybridized carbons (Fsp3) is 0.238. The lowest BCUT2D eigenvalue weighted by molar-refractivity contribution is 0.356. The van der Waals surface area contributed by atoms with E-state index in [4.69, 9.17) is 9.47 Å². The van der Waals surface area contributed by atoms with Crippen molar-refractivity contribution < 1.29 is 9.47 Å². The Labute approximate surface area is 143 Å². The second-order valence-electron chi connectivity index (χ2n) is 5.80. The third-order valence-electron chi connectivity index (χ3n) is 4.17. The van der Waals surface area contributed by atoms with Gasteiger partial charge >= 0.3 is 0 Å². The highest BCUT2D eigenvalue weighted by atomic mass is 16.5. The van der Waals surface area contributed by atoms with Crippen molar-refractivity contribution >= 4 is 10.8 Å². The van der Waals surface area contributed by atoms with E-state index in [1.165, 1.54) is 16.5 Å². The minimum absolute atomic E-state index is 0.766. The minimum atomic E-state index is 0.766. The number of ether oxygens (including phenoxy) is 2. The van der Waals surface area contributed by atoms with Crippen molar-refractivity contribution in [1.82, 2.24) is 5.32 Å². The lowest BCUT2D eigenvalue weighted by atomic mass is 10.0. The number of benzene rings is 3. The summed E-state index contributed by atoms with van der Waals surface area (Å²) in [6.07, 6.45) is 0.997. The van der Waals surface area contributed by atoms with Crippen LogP contribution in [0, 0.1) is 0 Å². The molecule has 0 aliphatic carbocycles. The molecule has 0 bridgehead atoms. The smallest absolute Gasteiger partial charge is 0.161 e. The first kappa shape index (κ1) is 16.3. The lowest BCUT2D eigenvalue weighted by Gasteiger charge is -2.10. The van der Waals surface area contributed by atoms with E-state index < -0.39 is 0 Å². The average Bonchev–Trinajstić information content (AvgIpc) is 2.64. The molecule has 3 aromatic rings. The van der Waals surface area contributed by atoms with Gasteiger partial charge in [0, 0.05) is 6.54 Å². The quantitative estimate of drug-likeness (QED) is 0.662. The molecule has 0 fully saturated rings. The summed E-state index contributed by atoms with van der Waals surface area (Å²) in [7, 11) is 3.33. The largest absolute Gasteiger partial charge is 0.493 e. The monoisotopic (exact) mass is 321 g/mol. The maximum atomic E-state index is 5.39. The zero-order chi connectivity index (χ0) is 16.8. The third kappa shape index (κ3) is 3.87. The molecule has 0 saturated heterocycles. The molecule has 3 rings (SSSR count). The van der Waals surface area contributed by atoms with Crippen molar-refractivity contribution in [3.8, 4) is 11.5 Å². The number of hydrogen-bond acceptors (Lipinski definition) is 3. The highest BCUT2D eigenvalue weighted by molar-refractivity contribution is 5.86. The van der Waals surface area contributed by atoms with Gasteiger partial charge in [-0.3, -0.25) is 0 Å². The molecule has 0 spiro atoms. The predicted molar refractivity (Wildman–Crippen MR) is 98.9 cm³/mol. The summed E-state index contributed by atoms with van der Waals surface area (Å²) < 4.78 is 10.8. The maximum absolute atomic E-state index is 5.39. The van der Waals surface area contributed by atoms with Crippen LogP contribution in [0.2, 0.25) is 0 Å². The van der Waals surface area contributed by atoms with Crippen LogP contribution >= 0.6 is 0 Å². The Bertz CT molecular complexity index is 800. The first-order valence-electron chi connectivity index (χ1n) is 8.19. The second-order valence-corrected chi connectivity index (χ2v) is 5.80. The zero-order valence-electron chi connectivity index (χ0n) is 14.2. The second kappa shape index (κ2) is 7.84. The van der Waals surface area contributed by atoms with Gasteiger partial charge in [-0.2, -0.15) is 0 Å². The van der Waals surface area contributed by atoms with Crippen molar-refractivity contribution in [2.24, 2.45) is 0 Å². The number of fused-ring (bicyclic) bond motifs is 1. The molecular formula is C21H23NO2. The number of methoxy groups -OCH3 is 2. The van der Waals surface area contributed by atoms with E-state index in [1.54, 1.807) is 14.2 Å². The average molecular weight is 321 g/mol. The number of hydrogen-bond donors (Lipinski definition) is 1. The minimum Gasteiger partial charge on any atom is -0.493 e. The Balaban J connectivity index is 1.64. The van der Waals surface area contributed by atoms with Gasteiger partial charge in [-0.15, -0.1) is 0 Å². The molecule has 0 aliphatic rings. The van der Waals surface area contributed by atoms with Gasteiger partial charge in [0.2, 0.25) is 0 Å². The molecule has 0 aromatic heterocycles. The van der Waals surface area contributed by atoms with Gasteiger partial charge in [0.1, 0.15) is 0 Å². The molecule has 124 valence electrons. The van der Waals surface area contributed by atoms with Crippen LogP contribution < -0.4 is 14.8 Å². The summed E-state index contributed by atoms with van der Waals surface area (Å²) in [4.78, 5) is 0. The van der Waals surface area contributed by atoms with E-state index in [9.17, 15) is 0 Å². The molecule has 0 radical (unpaired) electrons. The van der Waals surface area contributed by atoms with Gasteiger partial charge in [-0.1, -0.05) is 48.5 Å². The normalized spacial score (nSPS) is 10.8. The van der Waals surface area contributed by atoms with Crippen LogP contribution in [-0.2, 0) is 13.0 Å². The van der Waals surface area contributed by atoms with Gasteiger partial charge in [-0.25, -0.2) is 0 Å². The molecule has 0 heterocycles. The third-order valence-corrected chi connectivity index (χ3v) is 4.17. The van der Waals surface area contributed by atoms with Gasteiger partial charge in [-0.05, 0) is 47.0 Å². The van der Waals surface area contributed by atoms with Crippen LogP contribution in [0.4, 0.5) is 0 Å². The molecule has 24 heavy (non-hydrogen) atoms. The van der Waals surface area contributed by atoms with E-state index in [0.29, 0.717) is 0 Å². The number of nitrogens with one attached hydrogen (secondary N) is 1. The highest BCUT2D eigenvalue weighted by Gasteiger charge is 2.06. The first-order valence-corrected chi connectivity index (χ1v) is 8.19. The molecule has 0 unspecified atom stereocenters. The Morgan fingerprint density at radius 2 is 1.46 bits per heavy atom. The van der Waals surface area contributed by atoms with Crippen molar-refractivity contribution in [3.05, 3.63) is 71.8 Å². The fourth-order valence-corrected chi connectivity index (χ4v) is 2.84. The van der Waals surface area contributed by atoms with Crippen LogP contribution in [0.1, 0.15) is 11.1 Å². The van der Waals surface area contributed by atoms with E-state index in [-0.39, 0.29) is 0 Å².